The van der Waals surface area contributed by atoms with Gasteiger partial charge in [0.15, 0.2) is 0 Å². The molecule has 114 valence electrons. The van der Waals surface area contributed by atoms with E-state index in [9.17, 15) is 14.0 Å². The number of halogens is 1. The first-order valence-corrected chi connectivity index (χ1v) is 7.21. The van der Waals surface area contributed by atoms with Gasteiger partial charge < -0.3 is 9.80 Å². The van der Waals surface area contributed by atoms with Crippen LogP contribution in [0, 0.1) is 18.7 Å². The third-order valence-electron chi connectivity index (χ3n) is 3.82. The SMILES string of the molecule is Cc1ccc(F)c(N2CCN(C(=O)C(C)C)[C@@H](C)C2=O)c1. The molecule has 0 aliphatic carbocycles. The van der Waals surface area contributed by atoms with Crippen molar-refractivity contribution < 1.29 is 14.0 Å². The molecule has 0 radical (unpaired) electrons. The van der Waals surface area contributed by atoms with Crippen molar-refractivity contribution in [3.05, 3.63) is 29.6 Å². The lowest BCUT2D eigenvalue weighted by molar-refractivity contribution is -0.143. The van der Waals surface area contributed by atoms with Crippen molar-refractivity contribution in [3.8, 4) is 0 Å². The van der Waals surface area contributed by atoms with Gasteiger partial charge in [0.2, 0.25) is 11.8 Å². The maximum atomic E-state index is 14.0. The lowest BCUT2D eigenvalue weighted by atomic mass is 10.1. The van der Waals surface area contributed by atoms with Gasteiger partial charge in [-0.25, -0.2) is 4.39 Å². The summed E-state index contributed by atoms with van der Waals surface area (Å²) in [5.74, 6) is -0.841. The lowest BCUT2D eigenvalue weighted by Gasteiger charge is -2.40. The Hall–Kier alpha value is -1.91. The third-order valence-corrected chi connectivity index (χ3v) is 3.82. The Morgan fingerprint density at radius 2 is 2.00 bits per heavy atom. The Morgan fingerprint density at radius 1 is 1.33 bits per heavy atom. The molecule has 0 unspecified atom stereocenters. The van der Waals surface area contributed by atoms with Gasteiger partial charge in [-0.2, -0.15) is 0 Å². The molecule has 0 aromatic heterocycles. The standard InChI is InChI=1S/C16H21FN2O2/c1-10(2)15(20)18-7-8-19(16(21)12(18)4)14-9-11(3)5-6-13(14)17/h5-6,9-10,12H,7-8H2,1-4H3/t12-/m0/s1. The number of nitrogens with zero attached hydrogens (tertiary/aromatic N) is 2. The largest absolute Gasteiger partial charge is 0.329 e. The number of carbonyl (C=O) groups excluding carboxylic acids is 2. The van der Waals surface area contributed by atoms with Crippen LogP contribution in [0.2, 0.25) is 0 Å². The molecule has 1 atom stereocenters. The Kier molecular flexibility index (Phi) is 4.30. The van der Waals surface area contributed by atoms with E-state index in [1.165, 1.54) is 11.0 Å². The molecule has 0 spiro atoms. The van der Waals surface area contributed by atoms with Crippen molar-refractivity contribution in [2.45, 2.75) is 33.7 Å². The maximum Gasteiger partial charge on any atom is 0.249 e. The summed E-state index contributed by atoms with van der Waals surface area (Å²) in [6.45, 7) is 7.93. The number of amides is 2. The molecule has 0 bridgehead atoms. The predicted octanol–water partition coefficient (Wildman–Crippen LogP) is 2.35. The molecule has 1 aliphatic rings. The normalized spacial score (nSPS) is 19.3. The van der Waals surface area contributed by atoms with Crippen LogP contribution in [0.1, 0.15) is 26.3 Å². The molecular formula is C16H21FN2O2. The minimum Gasteiger partial charge on any atom is -0.329 e. The zero-order chi connectivity index (χ0) is 15.7. The Labute approximate surface area is 124 Å². The summed E-state index contributed by atoms with van der Waals surface area (Å²) in [5.41, 5.74) is 1.19. The van der Waals surface area contributed by atoms with Gasteiger partial charge in [0.1, 0.15) is 11.9 Å². The summed E-state index contributed by atoms with van der Waals surface area (Å²) in [6, 6.07) is 4.15. The van der Waals surface area contributed by atoms with E-state index in [0.717, 1.165) is 5.56 Å². The second-order valence-electron chi connectivity index (χ2n) is 5.81. The first kappa shape index (κ1) is 15.5. The molecule has 1 saturated heterocycles. The predicted molar refractivity (Wildman–Crippen MR) is 79.5 cm³/mol. The fourth-order valence-corrected chi connectivity index (χ4v) is 2.57. The van der Waals surface area contributed by atoms with E-state index < -0.39 is 11.9 Å². The molecule has 21 heavy (non-hydrogen) atoms. The van der Waals surface area contributed by atoms with Gasteiger partial charge in [-0.3, -0.25) is 9.59 Å². The minimum atomic E-state index is -0.562. The monoisotopic (exact) mass is 292 g/mol. The number of hydrogen-bond donors (Lipinski definition) is 0. The van der Waals surface area contributed by atoms with Crippen molar-refractivity contribution in [3.63, 3.8) is 0 Å². The Morgan fingerprint density at radius 3 is 2.62 bits per heavy atom. The van der Waals surface area contributed by atoms with Gasteiger partial charge in [-0.05, 0) is 31.5 Å². The second kappa shape index (κ2) is 5.84. The summed E-state index contributed by atoms with van der Waals surface area (Å²) in [5, 5.41) is 0. The summed E-state index contributed by atoms with van der Waals surface area (Å²) in [4.78, 5) is 27.6. The van der Waals surface area contributed by atoms with Crippen LogP contribution in [0.5, 0.6) is 0 Å². The number of anilines is 1. The first-order valence-electron chi connectivity index (χ1n) is 7.21. The average molecular weight is 292 g/mol. The zero-order valence-electron chi connectivity index (χ0n) is 12.9. The smallest absolute Gasteiger partial charge is 0.249 e. The van der Waals surface area contributed by atoms with E-state index in [1.807, 2.05) is 20.8 Å². The molecular weight excluding hydrogens is 271 g/mol. The molecule has 4 nitrogen and oxygen atoms in total. The molecule has 5 heteroatoms. The van der Waals surface area contributed by atoms with Gasteiger partial charge in [0.25, 0.3) is 0 Å². The topological polar surface area (TPSA) is 40.6 Å². The van der Waals surface area contributed by atoms with Crippen molar-refractivity contribution in [2.75, 3.05) is 18.0 Å². The molecule has 1 aliphatic heterocycles. The van der Waals surface area contributed by atoms with Crippen LogP contribution < -0.4 is 4.90 Å². The first-order chi connectivity index (χ1) is 9.82. The van der Waals surface area contributed by atoms with Gasteiger partial charge in [-0.1, -0.05) is 19.9 Å². The van der Waals surface area contributed by atoms with E-state index in [0.29, 0.717) is 18.8 Å². The lowest BCUT2D eigenvalue weighted by Crippen LogP contribution is -2.58. The van der Waals surface area contributed by atoms with Crippen molar-refractivity contribution >= 4 is 17.5 Å². The number of rotatable bonds is 2. The minimum absolute atomic E-state index is 0.0415. The van der Waals surface area contributed by atoms with Crippen LogP contribution in [0.25, 0.3) is 0 Å². The van der Waals surface area contributed by atoms with Gasteiger partial charge in [0.05, 0.1) is 5.69 Å². The molecule has 2 amide bonds. The number of carbonyl (C=O) groups is 2. The number of aryl methyl sites for hydroxylation is 1. The van der Waals surface area contributed by atoms with E-state index in [2.05, 4.69) is 0 Å². The fourth-order valence-electron chi connectivity index (χ4n) is 2.57. The van der Waals surface area contributed by atoms with E-state index in [1.54, 1.807) is 24.0 Å². The van der Waals surface area contributed by atoms with Crippen molar-refractivity contribution in [1.82, 2.24) is 4.90 Å². The Balaban J connectivity index is 2.26. The highest BCUT2D eigenvalue weighted by Gasteiger charge is 2.36. The van der Waals surface area contributed by atoms with E-state index in [4.69, 9.17) is 0 Å². The highest BCUT2D eigenvalue weighted by molar-refractivity contribution is 6.00. The highest BCUT2D eigenvalue weighted by atomic mass is 19.1. The fraction of sp³-hybridized carbons (Fsp3) is 0.500. The molecule has 1 fully saturated rings. The zero-order valence-corrected chi connectivity index (χ0v) is 12.9. The van der Waals surface area contributed by atoms with Crippen LogP contribution in [0.15, 0.2) is 18.2 Å². The van der Waals surface area contributed by atoms with Crippen molar-refractivity contribution in [1.29, 1.82) is 0 Å². The van der Waals surface area contributed by atoms with E-state index >= 15 is 0 Å². The molecule has 0 saturated carbocycles. The molecule has 2 rings (SSSR count). The van der Waals surface area contributed by atoms with Crippen LogP contribution in [0.4, 0.5) is 10.1 Å². The number of piperazine rings is 1. The number of hydrogen-bond acceptors (Lipinski definition) is 2. The van der Waals surface area contributed by atoms with Gasteiger partial charge >= 0.3 is 0 Å². The molecule has 1 heterocycles. The number of benzene rings is 1. The molecule has 1 aromatic carbocycles. The van der Waals surface area contributed by atoms with Crippen LogP contribution in [-0.2, 0) is 9.59 Å². The van der Waals surface area contributed by atoms with Gasteiger partial charge in [-0.15, -0.1) is 0 Å². The summed E-state index contributed by atoms with van der Waals surface area (Å²) < 4.78 is 14.0. The summed E-state index contributed by atoms with van der Waals surface area (Å²) in [6.07, 6.45) is 0. The molecule has 0 N–H and O–H groups in total. The van der Waals surface area contributed by atoms with Crippen LogP contribution in [0.3, 0.4) is 0 Å². The summed E-state index contributed by atoms with van der Waals surface area (Å²) >= 11 is 0. The second-order valence-corrected chi connectivity index (χ2v) is 5.81. The van der Waals surface area contributed by atoms with Crippen molar-refractivity contribution in [2.24, 2.45) is 5.92 Å². The highest BCUT2D eigenvalue weighted by Crippen LogP contribution is 2.25. The summed E-state index contributed by atoms with van der Waals surface area (Å²) in [7, 11) is 0. The van der Waals surface area contributed by atoms with E-state index in [-0.39, 0.29) is 17.7 Å². The average Bonchev–Trinajstić information content (AvgIpc) is 2.44. The molecule has 1 aromatic rings. The van der Waals surface area contributed by atoms with Crippen LogP contribution in [-0.4, -0.2) is 35.8 Å². The van der Waals surface area contributed by atoms with Crippen LogP contribution >= 0.6 is 0 Å². The van der Waals surface area contributed by atoms with Gasteiger partial charge in [0, 0.05) is 19.0 Å². The quantitative estimate of drug-likeness (QED) is 0.839. The third kappa shape index (κ3) is 2.91. The maximum absolute atomic E-state index is 14.0. The Bertz CT molecular complexity index is 571.